The first-order valence-corrected chi connectivity index (χ1v) is 9.67. The molecule has 30 heavy (non-hydrogen) atoms. The van der Waals surface area contributed by atoms with Crippen LogP contribution in [0.4, 0.5) is 0 Å². The summed E-state index contributed by atoms with van der Waals surface area (Å²) in [6.45, 7) is 1.09. The van der Waals surface area contributed by atoms with Crippen molar-refractivity contribution in [2.75, 3.05) is 13.7 Å². The summed E-state index contributed by atoms with van der Waals surface area (Å²) >= 11 is 0. The molecule has 0 radical (unpaired) electrons. The van der Waals surface area contributed by atoms with Gasteiger partial charge in [-0.2, -0.15) is 0 Å². The van der Waals surface area contributed by atoms with E-state index in [1.54, 1.807) is 30.5 Å². The Kier molecular flexibility index (Phi) is 5.74. The first kappa shape index (κ1) is 19.6. The van der Waals surface area contributed by atoms with Crippen molar-refractivity contribution in [2.45, 2.75) is 19.5 Å². The van der Waals surface area contributed by atoms with E-state index in [1.807, 2.05) is 36.4 Å². The molecule has 8 heteroatoms. The van der Waals surface area contributed by atoms with E-state index in [0.29, 0.717) is 24.5 Å². The van der Waals surface area contributed by atoms with Gasteiger partial charge in [0.2, 0.25) is 11.8 Å². The van der Waals surface area contributed by atoms with Gasteiger partial charge in [0.1, 0.15) is 11.4 Å². The lowest BCUT2D eigenvalue weighted by Crippen LogP contribution is -2.32. The van der Waals surface area contributed by atoms with Crippen LogP contribution < -0.4 is 10.1 Å². The number of rotatable bonds is 7. The van der Waals surface area contributed by atoms with E-state index in [9.17, 15) is 9.59 Å². The Hall–Kier alpha value is -3.68. The second-order valence-electron chi connectivity index (χ2n) is 7.17. The van der Waals surface area contributed by atoms with Crippen LogP contribution in [0.25, 0.3) is 11.3 Å². The van der Waals surface area contributed by atoms with Crippen molar-refractivity contribution in [1.29, 1.82) is 0 Å². The zero-order valence-electron chi connectivity index (χ0n) is 16.6. The topological polar surface area (TPSA) is 97.6 Å². The summed E-state index contributed by atoms with van der Waals surface area (Å²) in [6.07, 6.45) is 3.63. The first-order chi connectivity index (χ1) is 14.6. The predicted octanol–water partition coefficient (Wildman–Crippen LogP) is 2.41. The number of carbonyl (C=O) groups is 2. The van der Waals surface area contributed by atoms with Crippen molar-refractivity contribution in [3.05, 3.63) is 66.1 Å². The van der Waals surface area contributed by atoms with E-state index in [1.165, 1.54) is 0 Å². The smallest absolute Gasteiger partial charge is 0.225 e. The summed E-state index contributed by atoms with van der Waals surface area (Å²) in [4.78, 5) is 30.6. The molecule has 2 aromatic heterocycles. The Bertz CT molecular complexity index is 1030. The average Bonchev–Trinajstić information content (AvgIpc) is 3.40. The number of amides is 2. The molecule has 0 bridgehead atoms. The third-order valence-electron chi connectivity index (χ3n) is 5.04. The number of methoxy groups -OCH3 is 1. The zero-order chi connectivity index (χ0) is 20.9. The largest absolute Gasteiger partial charge is 0.497 e. The van der Waals surface area contributed by atoms with Gasteiger partial charge in [0.25, 0.3) is 0 Å². The molecule has 1 aliphatic heterocycles. The Balaban J connectivity index is 1.32. The fourth-order valence-corrected chi connectivity index (χ4v) is 3.44. The van der Waals surface area contributed by atoms with Crippen molar-refractivity contribution >= 4 is 11.8 Å². The maximum atomic E-state index is 12.5. The molecule has 1 aliphatic rings. The van der Waals surface area contributed by atoms with Gasteiger partial charge in [-0.3, -0.25) is 14.6 Å². The molecule has 154 valence electrons. The molecule has 2 amide bonds. The Labute approximate surface area is 173 Å². The van der Waals surface area contributed by atoms with Crippen molar-refractivity contribution < 1.29 is 18.8 Å². The molecule has 4 rings (SSSR count). The number of hydrogen-bond donors (Lipinski definition) is 1. The number of carbonyl (C=O) groups excluding carboxylic acids is 2. The van der Waals surface area contributed by atoms with Gasteiger partial charge in [0, 0.05) is 43.5 Å². The third-order valence-corrected chi connectivity index (χ3v) is 5.04. The second-order valence-corrected chi connectivity index (χ2v) is 7.17. The Morgan fingerprint density at radius 2 is 2.20 bits per heavy atom. The minimum Gasteiger partial charge on any atom is -0.497 e. The van der Waals surface area contributed by atoms with Gasteiger partial charge in [0.05, 0.1) is 19.6 Å². The highest BCUT2D eigenvalue weighted by Crippen LogP contribution is 2.25. The highest BCUT2D eigenvalue weighted by atomic mass is 16.5. The first-order valence-electron chi connectivity index (χ1n) is 9.67. The van der Waals surface area contributed by atoms with Crippen LogP contribution >= 0.6 is 0 Å². The average molecular weight is 406 g/mol. The summed E-state index contributed by atoms with van der Waals surface area (Å²) < 4.78 is 10.6. The molecule has 1 unspecified atom stereocenters. The molecule has 1 saturated heterocycles. The van der Waals surface area contributed by atoms with E-state index in [2.05, 4.69) is 15.5 Å². The van der Waals surface area contributed by atoms with E-state index in [4.69, 9.17) is 9.26 Å². The highest BCUT2D eigenvalue weighted by molar-refractivity contribution is 5.89. The van der Waals surface area contributed by atoms with Crippen LogP contribution in [0.5, 0.6) is 5.75 Å². The normalized spacial score (nSPS) is 16.0. The number of benzene rings is 1. The summed E-state index contributed by atoms with van der Waals surface area (Å²) in [5.74, 6) is 0.750. The summed E-state index contributed by atoms with van der Waals surface area (Å²) in [7, 11) is 1.60. The standard InChI is InChI=1S/C22H22N4O4/c1-29-19-6-2-5-16(8-19)20-10-18(25-30-20)12-24-22(28)17-9-21(27)26(14-17)13-15-4-3-7-23-11-15/h2-8,10-11,17H,9,12-14H2,1H3,(H,24,28). The minimum atomic E-state index is -0.376. The molecule has 1 atom stereocenters. The van der Waals surface area contributed by atoms with Crippen LogP contribution in [-0.2, 0) is 22.7 Å². The molecule has 3 aromatic rings. The van der Waals surface area contributed by atoms with Crippen LogP contribution in [-0.4, -0.2) is 40.5 Å². The number of aromatic nitrogens is 2. The molecule has 0 spiro atoms. The molecule has 1 aromatic carbocycles. The molecule has 0 aliphatic carbocycles. The van der Waals surface area contributed by atoms with Crippen LogP contribution in [0.2, 0.25) is 0 Å². The fraction of sp³-hybridized carbons (Fsp3) is 0.273. The van der Waals surface area contributed by atoms with Crippen molar-refractivity contribution in [1.82, 2.24) is 20.4 Å². The van der Waals surface area contributed by atoms with Gasteiger partial charge in [0.15, 0.2) is 5.76 Å². The molecular weight excluding hydrogens is 384 g/mol. The molecule has 1 N–H and O–H groups in total. The summed E-state index contributed by atoms with van der Waals surface area (Å²) in [5.41, 5.74) is 2.39. The maximum absolute atomic E-state index is 12.5. The number of nitrogens with one attached hydrogen (secondary N) is 1. The van der Waals surface area contributed by atoms with Gasteiger partial charge in [-0.15, -0.1) is 0 Å². The van der Waals surface area contributed by atoms with Crippen LogP contribution in [0.1, 0.15) is 17.7 Å². The molecule has 8 nitrogen and oxygen atoms in total. The van der Waals surface area contributed by atoms with E-state index < -0.39 is 0 Å². The lowest BCUT2D eigenvalue weighted by Gasteiger charge is -2.16. The van der Waals surface area contributed by atoms with Crippen molar-refractivity contribution in [3.8, 4) is 17.1 Å². The molecule has 3 heterocycles. The van der Waals surface area contributed by atoms with E-state index >= 15 is 0 Å². The van der Waals surface area contributed by atoms with Gasteiger partial charge in [-0.05, 0) is 23.8 Å². The third kappa shape index (κ3) is 4.48. The molecular formula is C22H22N4O4. The van der Waals surface area contributed by atoms with Crippen LogP contribution in [0.3, 0.4) is 0 Å². The number of nitrogens with zero attached hydrogens (tertiary/aromatic N) is 3. The zero-order valence-corrected chi connectivity index (χ0v) is 16.6. The Morgan fingerprint density at radius 3 is 3.00 bits per heavy atom. The van der Waals surface area contributed by atoms with Gasteiger partial charge >= 0.3 is 0 Å². The predicted molar refractivity (Wildman–Crippen MR) is 108 cm³/mol. The minimum absolute atomic E-state index is 0.0271. The fourth-order valence-electron chi connectivity index (χ4n) is 3.44. The van der Waals surface area contributed by atoms with Crippen LogP contribution in [0, 0.1) is 5.92 Å². The second kappa shape index (κ2) is 8.77. The molecule has 0 saturated carbocycles. The summed E-state index contributed by atoms with van der Waals surface area (Å²) in [5, 5.41) is 6.87. The van der Waals surface area contributed by atoms with E-state index in [-0.39, 0.29) is 30.7 Å². The lowest BCUT2D eigenvalue weighted by atomic mass is 10.1. The quantitative estimate of drug-likeness (QED) is 0.647. The number of likely N-dealkylation sites (tertiary alicyclic amines) is 1. The summed E-state index contributed by atoms with van der Waals surface area (Å²) in [6, 6.07) is 13.0. The number of pyridine rings is 1. The van der Waals surface area contributed by atoms with Gasteiger partial charge < -0.3 is 19.5 Å². The molecule has 1 fully saturated rings. The van der Waals surface area contributed by atoms with Crippen molar-refractivity contribution in [3.63, 3.8) is 0 Å². The van der Waals surface area contributed by atoms with Gasteiger partial charge in [-0.25, -0.2) is 0 Å². The number of ether oxygens (including phenoxy) is 1. The van der Waals surface area contributed by atoms with Gasteiger partial charge in [-0.1, -0.05) is 23.4 Å². The lowest BCUT2D eigenvalue weighted by molar-refractivity contribution is -0.129. The van der Waals surface area contributed by atoms with E-state index in [0.717, 1.165) is 16.9 Å². The maximum Gasteiger partial charge on any atom is 0.225 e. The monoisotopic (exact) mass is 406 g/mol. The number of hydrogen-bond acceptors (Lipinski definition) is 6. The van der Waals surface area contributed by atoms with Crippen LogP contribution in [0.15, 0.2) is 59.4 Å². The van der Waals surface area contributed by atoms with Crippen molar-refractivity contribution in [2.24, 2.45) is 5.92 Å². The Morgan fingerprint density at radius 1 is 1.30 bits per heavy atom. The highest BCUT2D eigenvalue weighted by Gasteiger charge is 2.34. The SMILES string of the molecule is COc1cccc(-c2cc(CNC(=O)C3CC(=O)N(Cc4cccnc4)C3)no2)c1.